The van der Waals surface area contributed by atoms with Crippen molar-refractivity contribution in [2.24, 2.45) is 5.92 Å². The van der Waals surface area contributed by atoms with Crippen LogP contribution in [0.4, 0.5) is 14.5 Å². The van der Waals surface area contributed by atoms with Gasteiger partial charge in [-0.25, -0.2) is 23.7 Å². The number of hydrogen-bond donors (Lipinski definition) is 3. The number of allylic oxidation sites excluding steroid dienone is 1. The maximum atomic E-state index is 16.1. The maximum absolute atomic E-state index is 16.1. The lowest BCUT2D eigenvalue weighted by atomic mass is 10.1. The van der Waals surface area contributed by atoms with Crippen LogP contribution in [0.15, 0.2) is 73.5 Å². The van der Waals surface area contributed by atoms with Gasteiger partial charge in [0, 0.05) is 41.0 Å². The first-order valence-corrected chi connectivity index (χ1v) is 12.4. The van der Waals surface area contributed by atoms with E-state index in [1.165, 1.54) is 18.3 Å². The largest absolute Gasteiger partial charge is 0.358 e. The number of anilines is 1. The van der Waals surface area contributed by atoms with Crippen LogP contribution < -0.4 is 5.32 Å². The number of pyridine rings is 3. The molecule has 5 aromatic heterocycles. The van der Waals surface area contributed by atoms with Gasteiger partial charge in [-0.15, -0.1) is 0 Å². The number of aromatic amines is 2. The van der Waals surface area contributed by atoms with E-state index in [9.17, 15) is 4.39 Å². The van der Waals surface area contributed by atoms with Crippen LogP contribution in [0.3, 0.4) is 0 Å². The molecule has 10 heteroatoms. The summed E-state index contributed by atoms with van der Waals surface area (Å²) in [6, 6.07) is 9.77. The first kappa shape index (κ1) is 24.4. The number of aromatic nitrogens is 7. The molecule has 0 atom stereocenters. The lowest BCUT2D eigenvalue weighted by Crippen LogP contribution is -2.02. The monoisotopic (exact) mass is 522 g/mol. The summed E-state index contributed by atoms with van der Waals surface area (Å²) in [6.07, 6.45) is 7.13. The molecule has 0 unspecified atom stereocenters. The molecule has 0 bridgehead atoms. The Morgan fingerprint density at radius 1 is 0.974 bits per heavy atom. The molecule has 0 saturated carbocycles. The van der Waals surface area contributed by atoms with Gasteiger partial charge in [0.05, 0.1) is 22.8 Å². The number of benzene rings is 1. The van der Waals surface area contributed by atoms with Gasteiger partial charge in [0.1, 0.15) is 17.3 Å². The van der Waals surface area contributed by atoms with Crippen molar-refractivity contribution in [3.63, 3.8) is 0 Å². The Balaban J connectivity index is 1.41. The van der Waals surface area contributed by atoms with Gasteiger partial charge >= 0.3 is 0 Å². The highest BCUT2D eigenvalue weighted by atomic mass is 19.1. The fourth-order valence-corrected chi connectivity index (χ4v) is 4.63. The highest BCUT2D eigenvalue weighted by molar-refractivity contribution is 5.96. The van der Waals surface area contributed by atoms with Crippen molar-refractivity contribution in [1.82, 2.24) is 35.1 Å². The molecule has 1 aromatic carbocycles. The molecule has 0 spiro atoms. The molecule has 6 aromatic rings. The second-order valence-electron chi connectivity index (χ2n) is 9.72. The summed E-state index contributed by atoms with van der Waals surface area (Å²) in [6.45, 7) is 8.29. The van der Waals surface area contributed by atoms with Crippen molar-refractivity contribution < 1.29 is 8.78 Å². The molecule has 0 aliphatic carbocycles. The Morgan fingerprint density at radius 3 is 2.59 bits per heavy atom. The van der Waals surface area contributed by atoms with E-state index in [2.05, 4.69) is 60.9 Å². The zero-order valence-corrected chi connectivity index (χ0v) is 21.3. The number of nitrogens with one attached hydrogen (secondary N) is 3. The average molecular weight is 523 g/mol. The molecule has 0 fully saturated rings. The minimum Gasteiger partial charge on any atom is -0.358 e. The summed E-state index contributed by atoms with van der Waals surface area (Å²) in [4.78, 5) is 20.8. The fraction of sp³-hybridized carbons (Fsp3) is 0.138. The first-order valence-electron chi connectivity index (χ1n) is 12.4. The Labute approximate surface area is 222 Å². The quantitative estimate of drug-likeness (QED) is 0.211. The Hall–Kier alpha value is -4.99. The minimum absolute atomic E-state index is 0.192. The molecular formula is C29H24F2N8. The van der Waals surface area contributed by atoms with Crippen molar-refractivity contribution >= 4 is 27.9 Å². The van der Waals surface area contributed by atoms with Gasteiger partial charge in [-0.3, -0.25) is 10.1 Å². The summed E-state index contributed by atoms with van der Waals surface area (Å²) in [7, 11) is 0. The summed E-state index contributed by atoms with van der Waals surface area (Å²) >= 11 is 0. The van der Waals surface area contributed by atoms with Crippen LogP contribution in [-0.2, 0) is 0 Å². The van der Waals surface area contributed by atoms with Crippen LogP contribution in [0.2, 0.25) is 0 Å². The zero-order chi connectivity index (χ0) is 27.1. The molecule has 6 rings (SSSR count). The molecule has 0 aliphatic heterocycles. The van der Waals surface area contributed by atoms with E-state index in [0.29, 0.717) is 39.9 Å². The number of nitrogens with zero attached hydrogens (tertiary/aromatic N) is 5. The maximum Gasteiger partial charge on any atom is 0.184 e. The standard InChI is InChI=1S/C29H24F2N8/c1-15(2)10-16(3)35-20-11-18(12-32-13-20)22-14-34-27-23(24(22)31)26(38-39-27)29-36-25-21(8-9-33-28(25)37-29)17-4-6-19(30)7-5-17/h4-9,11-15,35H,3,10H2,1-2H3,(H,33,36,37)(H,34,38,39). The fourth-order valence-electron chi connectivity index (χ4n) is 4.63. The smallest absolute Gasteiger partial charge is 0.184 e. The molecule has 5 heterocycles. The zero-order valence-electron chi connectivity index (χ0n) is 21.3. The van der Waals surface area contributed by atoms with Crippen molar-refractivity contribution in [2.75, 3.05) is 5.32 Å². The van der Waals surface area contributed by atoms with Gasteiger partial charge in [0.15, 0.2) is 17.1 Å². The number of rotatable bonds is 7. The first-order chi connectivity index (χ1) is 18.9. The molecule has 194 valence electrons. The van der Waals surface area contributed by atoms with E-state index in [0.717, 1.165) is 23.2 Å². The number of imidazole rings is 1. The lowest BCUT2D eigenvalue weighted by molar-refractivity contribution is 0.628. The molecule has 8 nitrogen and oxygen atoms in total. The SMILES string of the molecule is C=C(CC(C)C)Nc1cncc(-c2cnc3n[nH]c(-c4nc5nccc(-c6ccc(F)cc6)c5[nH]4)c3c2F)c1. The van der Waals surface area contributed by atoms with E-state index in [4.69, 9.17) is 0 Å². The van der Waals surface area contributed by atoms with Crippen molar-refractivity contribution in [1.29, 1.82) is 0 Å². The van der Waals surface area contributed by atoms with Crippen LogP contribution in [0.5, 0.6) is 0 Å². The molecule has 0 radical (unpaired) electrons. The molecular weight excluding hydrogens is 498 g/mol. The Morgan fingerprint density at radius 2 is 1.79 bits per heavy atom. The molecule has 0 saturated heterocycles. The minimum atomic E-state index is -0.504. The second kappa shape index (κ2) is 9.71. The predicted molar refractivity (Wildman–Crippen MR) is 148 cm³/mol. The van der Waals surface area contributed by atoms with E-state index >= 15 is 4.39 Å². The van der Waals surface area contributed by atoms with E-state index in [-0.39, 0.29) is 22.4 Å². The van der Waals surface area contributed by atoms with Crippen LogP contribution in [0.1, 0.15) is 20.3 Å². The lowest BCUT2D eigenvalue weighted by Gasteiger charge is -2.12. The van der Waals surface area contributed by atoms with Gasteiger partial charge in [-0.2, -0.15) is 5.10 Å². The summed E-state index contributed by atoms with van der Waals surface area (Å²) in [5.74, 6) is -0.0270. The summed E-state index contributed by atoms with van der Waals surface area (Å²) in [5.41, 5.74) is 5.60. The van der Waals surface area contributed by atoms with Gasteiger partial charge in [0.25, 0.3) is 0 Å². The molecule has 39 heavy (non-hydrogen) atoms. The normalized spacial score (nSPS) is 11.5. The predicted octanol–water partition coefficient (Wildman–Crippen LogP) is 6.88. The molecule has 3 N–H and O–H groups in total. The van der Waals surface area contributed by atoms with Crippen molar-refractivity contribution in [3.8, 4) is 33.8 Å². The summed E-state index contributed by atoms with van der Waals surface area (Å²) < 4.78 is 29.6. The van der Waals surface area contributed by atoms with Crippen LogP contribution in [0.25, 0.3) is 56.0 Å². The third-order valence-corrected chi connectivity index (χ3v) is 6.33. The number of fused-ring (bicyclic) bond motifs is 2. The van der Waals surface area contributed by atoms with E-state index in [1.807, 2.05) is 12.1 Å². The Kier molecular flexibility index (Phi) is 6.07. The van der Waals surface area contributed by atoms with Gasteiger partial charge in [0.2, 0.25) is 0 Å². The highest BCUT2D eigenvalue weighted by Gasteiger charge is 2.21. The van der Waals surface area contributed by atoms with Crippen molar-refractivity contribution in [3.05, 3.63) is 85.1 Å². The average Bonchev–Trinajstić information content (AvgIpc) is 3.54. The third-order valence-electron chi connectivity index (χ3n) is 6.33. The van der Waals surface area contributed by atoms with Crippen molar-refractivity contribution in [2.45, 2.75) is 20.3 Å². The number of H-pyrrole nitrogens is 2. The van der Waals surface area contributed by atoms with Gasteiger partial charge in [-0.05, 0) is 42.2 Å². The Bertz CT molecular complexity index is 1840. The molecule has 0 amide bonds. The molecule has 0 aliphatic rings. The topological polar surface area (TPSA) is 108 Å². The number of halogens is 2. The second-order valence-corrected chi connectivity index (χ2v) is 9.72. The number of hydrogen-bond acceptors (Lipinski definition) is 6. The van der Waals surface area contributed by atoms with E-state index in [1.54, 1.807) is 30.7 Å². The third kappa shape index (κ3) is 4.61. The highest BCUT2D eigenvalue weighted by Crippen LogP contribution is 2.34. The summed E-state index contributed by atoms with van der Waals surface area (Å²) in [5, 5.41) is 10.5. The van der Waals surface area contributed by atoms with Crippen LogP contribution >= 0.6 is 0 Å². The van der Waals surface area contributed by atoms with E-state index < -0.39 is 5.82 Å². The van der Waals surface area contributed by atoms with Crippen LogP contribution in [-0.4, -0.2) is 35.1 Å². The van der Waals surface area contributed by atoms with Gasteiger partial charge < -0.3 is 10.3 Å². The van der Waals surface area contributed by atoms with Crippen LogP contribution in [0, 0.1) is 17.6 Å². The van der Waals surface area contributed by atoms with Gasteiger partial charge in [-0.1, -0.05) is 32.6 Å².